The molecule has 0 spiro atoms. The standard InChI is InChI=1S/C14H14O5S2/c15-10(7-12-20-13(17)14(18)21-12)6-11(16)19-8-9-4-2-1-3-5-9/h1-5,7,13-14,17-18H,6,8H2. The summed E-state index contributed by atoms with van der Waals surface area (Å²) in [5, 5.41) is 18.6. The van der Waals surface area contributed by atoms with Crippen LogP contribution >= 0.6 is 23.5 Å². The first-order chi connectivity index (χ1) is 10.0. The van der Waals surface area contributed by atoms with E-state index in [1.165, 1.54) is 6.08 Å². The van der Waals surface area contributed by atoms with Gasteiger partial charge in [0.25, 0.3) is 0 Å². The van der Waals surface area contributed by atoms with E-state index in [9.17, 15) is 19.8 Å². The van der Waals surface area contributed by atoms with Crippen LogP contribution in [0.15, 0.2) is 40.6 Å². The van der Waals surface area contributed by atoms with Crippen LogP contribution in [-0.2, 0) is 20.9 Å². The van der Waals surface area contributed by atoms with Crippen molar-refractivity contribution in [1.29, 1.82) is 0 Å². The summed E-state index contributed by atoms with van der Waals surface area (Å²) in [4.78, 5) is 23.2. The highest BCUT2D eigenvalue weighted by Crippen LogP contribution is 2.44. The number of hydrogen-bond donors (Lipinski definition) is 2. The first-order valence-electron chi connectivity index (χ1n) is 6.18. The van der Waals surface area contributed by atoms with Crippen LogP contribution in [0, 0.1) is 0 Å². The van der Waals surface area contributed by atoms with Gasteiger partial charge >= 0.3 is 5.97 Å². The van der Waals surface area contributed by atoms with E-state index in [0.29, 0.717) is 4.24 Å². The van der Waals surface area contributed by atoms with E-state index >= 15 is 0 Å². The van der Waals surface area contributed by atoms with Gasteiger partial charge < -0.3 is 14.9 Å². The van der Waals surface area contributed by atoms with E-state index in [1.54, 1.807) is 0 Å². The molecule has 1 fully saturated rings. The van der Waals surface area contributed by atoms with Crippen molar-refractivity contribution in [2.45, 2.75) is 23.9 Å². The van der Waals surface area contributed by atoms with Crippen LogP contribution < -0.4 is 0 Å². The molecule has 0 radical (unpaired) electrons. The van der Waals surface area contributed by atoms with Crippen LogP contribution in [-0.4, -0.2) is 32.8 Å². The summed E-state index contributed by atoms with van der Waals surface area (Å²) in [6, 6.07) is 9.19. The minimum atomic E-state index is -0.945. The molecule has 1 aliphatic rings. The number of aliphatic hydroxyl groups excluding tert-OH is 2. The van der Waals surface area contributed by atoms with E-state index < -0.39 is 22.6 Å². The number of esters is 1. The van der Waals surface area contributed by atoms with E-state index in [-0.39, 0.29) is 13.0 Å². The normalized spacial score (nSPS) is 21.1. The number of ketones is 1. The van der Waals surface area contributed by atoms with Gasteiger partial charge in [-0.3, -0.25) is 9.59 Å². The smallest absolute Gasteiger partial charge is 0.314 e. The van der Waals surface area contributed by atoms with Crippen LogP contribution in [0.1, 0.15) is 12.0 Å². The third-order valence-electron chi connectivity index (χ3n) is 2.56. The molecule has 1 saturated heterocycles. The Balaban J connectivity index is 1.78. The van der Waals surface area contributed by atoms with Crippen molar-refractivity contribution in [3.05, 3.63) is 46.2 Å². The minimum absolute atomic E-state index is 0.129. The number of aliphatic hydroxyl groups is 2. The summed E-state index contributed by atoms with van der Waals surface area (Å²) in [6.45, 7) is 0.129. The molecular weight excluding hydrogens is 312 g/mol. The van der Waals surface area contributed by atoms with Crippen LogP contribution in [0.25, 0.3) is 0 Å². The number of rotatable bonds is 5. The monoisotopic (exact) mass is 326 g/mol. The summed E-state index contributed by atoms with van der Waals surface area (Å²) >= 11 is 1.99. The largest absolute Gasteiger partial charge is 0.460 e. The Labute approximate surface area is 130 Å². The van der Waals surface area contributed by atoms with Gasteiger partial charge in [-0.05, 0) is 5.56 Å². The second-order valence-corrected chi connectivity index (χ2v) is 6.85. The van der Waals surface area contributed by atoms with Crippen LogP contribution in [0.4, 0.5) is 0 Å². The second kappa shape index (κ2) is 7.65. The van der Waals surface area contributed by atoms with Gasteiger partial charge in [-0.15, -0.1) is 0 Å². The van der Waals surface area contributed by atoms with Crippen molar-refractivity contribution >= 4 is 35.3 Å². The predicted octanol–water partition coefficient (Wildman–Crippen LogP) is 1.65. The van der Waals surface area contributed by atoms with Gasteiger partial charge in [-0.1, -0.05) is 53.9 Å². The zero-order valence-electron chi connectivity index (χ0n) is 11.0. The first kappa shape index (κ1) is 16.1. The van der Waals surface area contributed by atoms with E-state index in [1.807, 2.05) is 30.3 Å². The first-order valence-corrected chi connectivity index (χ1v) is 7.94. The molecule has 0 aliphatic carbocycles. The Kier molecular flexibility index (Phi) is 5.86. The van der Waals surface area contributed by atoms with Crippen molar-refractivity contribution in [2.75, 3.05) is 0 Å². The Morgan fingerprint density at radius 2 is 1.76 bits per heavy atom. The molecule has 1 heterocycles. The summed E-state index contributed by atoms with van der Waals surface area (Å²) < 4.78 is 5.50. The Hall–Kier alpha value is -1.28. The van der Waals surface area contributed by atoms with Crippen LogP contribution in [0.2, 0.25) is 0 Å². The number of allylic oxidation sites excluding steroid dienone is 1. The van der Waals surface area contributed by atoms with E-state index in [0.717, 1.165) is 29.1 Å². The van der Waals surface area contributed by atoms with Gasteiger partial charge in [0.1, 0.15) is 23.9 Å². The number of carbonyl (C=O) groups is 2. The van der Waals surface area contributed by atoms with Crippen molar-refractivity contribution in [3.63, 3.8) is 0 Å². The molecule has 0 aromatic heterocycles. The molecule has 21 heavy (non-hydrogen) atoms. The lowest BCUT2D eigenvalue weighted by molar-refractivity contribution is -0.146. The summed E-state index contributed by atoms with van der Waals surface area (Å²) in [5.74, 6) is -1.01. The molecule has 1 aromatic carbocycles. The number of thioether (sulfide) groups is 2. The lowest BCUT2D eigenvalue weighted by Crippen LogP contribution is -2.11. The maximum absolute atomic E-state index is 11.7. The van der Waals surface area contributed by atoms with Crippen LogP contribution in [0.3, 0.4) is 0 Å². The molecule has 5 nitrogen and oxygen atoms in total. The fraction of sp³-hybridized carbons (Fsp3) is 0.286. The maximum atomic E-state index is 11.7. The van der Waals surface area contributed by atoms with Gasteiger partial charge in [-0.25, -0.2) is 0 Å². The number of carbonyl (C=O) groups excluding carboxylic acids is 2. The molecule has 2 rings (SSSR count). The highest BCUT2D eigenvalue weighted by atomic mass is 32.2. The molecule has 0 bridgehead atoms. The SMILES string of the molecule is O=C(C=C1SC(O)C(O)S1)CC(=O)OCc1ccccc1. The molecule has 1 aromatic rings. The van der Waals surface area contributed by atoms with Gasteiger partial charge in [0, 0.05) is 10.3 Å². The molecular formula is C14H14O5S2. The van der Waals surface area contributed by atoms with Crippen molar-refractivity contribution < 1.29 is 24.5 Å². The Morgan fingerprint density at radius 1 is 1.14 bits per heavy atom. The number of hydrogen-bond acceptors (Lipinski definition) is 7. The quantitative estimate of drug-likeness (QED) is 0.483. The topological polar surface area (TPSA) is 83.8 Å². The molecule has 112 valence electrons. The highest BCUT2D eigenvalue weighted by Gasteiger charge is 2.29. The lowest BCUT2D eigenvalue weighted by atomic mass is 10.2. The molecule has 2 N–H and O–H groups in total. The molecule has 7 heteroatoms. The summed E-state index contributed by atoms with van der Waals surface area (Å²) in [5.41, 5.74) is -1.04. The fourth-order valence-corrected chi connectivity index (χ4v) is 3.82. The minimum Gasteiger partial charge on any atom is -0.460 e. The Bertz CT molecular complexity index is 532. The van der Waals surface area contributed by atoms with Gasteiger partial charge in [0.15, 0.2) is 5.78 Å². The zero-order valence-corrected chi connectivity index (χ0v) is 12.6. The number of ether oxygens (including phenoxy) is 1. The second-order valence-electron chi connectivity index (χ2n) is 4.27. The molecule has 2 unspecified atom stereocenters. The maximum Gasteiger partial charge on any atom is 0.314 e. The predicted molar refractivity (Wildman–Crippen MR) is 81.1 cm³/mol. The summed E-state index contributed by atoms with van der Waals surface area (Å²) in [7, 11) is 0. The average molecular weight is 326 g/mol. The molecule has 2 atom stereocenters. The van der Waals surface area contributed by atoms with E-state index in [4.69, 9.17) is 4.74 Å². The third kappa shape index (κ3) is 5.20. The van der Waals surface area contributed by atoms with Crippen LogP contribution in [0.5, 0.6) is 0 Å². The Morgan fingerprint density at radius 3 is 2.38 bits per heavy atom. The average Bonchev–Trinajstić information content (AvgIpc) is 2.76. The highest BCUT2D eigenvalue weighted by molar-refractivity contribution is 8.25. The molecule has 1 aliphatic heterocycles. The van der Waals surface area contributed by atoms with Gasteiger partial charge in [-0.2, -0.15) is 0 Å². The van der Waals surface area contributed by atoms with E-state index in [2.05, 4.69) is 0 Å². The molecule has 0 amide bonds. The van der Waals surface area contributed by atoms with Crippen molar-refractivity contribution in [2.24, 2.45) is 0 Å². The fourth-order valence-electron chi connectivity index (χ4n) is 1.56. The zero-order chi connectivity index (χ0) is 15.2. The van der Waals surface area contributed by atoms with Gasteiger partial charge in [0.2, 0.25) is 0 Å². The van der Waals surface area contributed by atoms with Gasteiger partial charge in [0.05, 0.1) is 0 Å². The van der Waals surface area contributed by atoms with Crippen molar-refractivity contribution in [3.8, 4) is 0 Å². The number of benzene rings is 1. The molecule has 0 saturated carbocycles. The third-order valence-corrected chi connectivity index (χ3v) is 5.01. The lowest BCUT2D eigenvalue weighted by Gasteiger charge is -2.03. The van der Waals surface area contributed by atoms with Crippen molar-refractivity contribution in [1.82, 2.24) is 0 Å². The summed E-state index contributed by atoms with van der Waals surface area (Å²) in [6.07, 6.45) is 0.891.